The van der Waals surface area contributed by atoms with Crippen LogP contribution in [0.4, 0.5) is 5.69 Å². The summed E-state index contributed by atoms with van der Waals surface area (Å²) in [5.41, 5.74) is 2.57. The van der Waals surface area contributed by atoms with Crippen LogP contribution in [0.2, 0.25) is 0 Å². The number of carbonyl (C=O) groups excluding carboxylic acids is 1. The number of amides is 1. The number of nitrogens with zero attached hydrogens (tertiary/aromatic N) is 1. The maximum atomic E-state index is 13.0. The van der Waals surface area contributed by atoms with E-state index in [1.54, 1.807) is 31.3 Å². The molecular formula is C17H16BrNO3. The minimum Gasteiger partial charge on any atom is -0.496 e. The third-order valence-corrected chi connectivity index (χ3v) is 4.32. The van der Waals surface area contributed by atoms with Crippen molar-refractivity contribution in [1.29, 1.82) is 0 Å². The summed E-state index contributed by atoms with van der Waals surface area (Å²) in [6, 6.07) is 11.3. The number of benzene rings is 2. The number of hydrogen-bond acceptors (Lipinski definition) is 3. The molecule has 22 heavy (non-hydrogen) atoms. The fraction of sp³-hybridized carbons (Fsp3) is 0.235. The molecule has 0 radical (unpaired) electrons. The first-order chi connectivity index (χ1) is 10.7. The standard InChI is InChI=1S/C17H16BrNO3/c1-21-14-4-3-5-15(22-2)16(14)17(20)19-9-8-11-10-12(18)6-7-13(11)19/h3-7,10H,8-9H2,1-2H3. The fourth-order valence-electron chi connectivity index (χ4n) is 2.78. The predicted molar refractivity (Wildman–Crippen MR) is 89.1 cm³/mol. The van der Waals surface area contributed by atoms with Crippen LogP contribution in [-0.2, 0) is 6.42 Å². The third-order valence-electron chi connectivity index (χ3n) is 3.82. The second-order valence-electron chi connectivity index (χ2n) is 5.02. The normalized spacial score (nSPS) is 13.0. The van der Waals surface area contributed by atoms with Crippen molar-refractivity contribution in [1.82, 2.24) is 0 Å². The van der Waals surface area contributed by atoms with Crippen molar-refractivity contribution in [2.24, 2.45) is 0 Å². The molecule has 0 aliphatic carbocycles. The van der Waals surface area contributed by atoms with Gasteiger partial charge in [-0.2, -0.15) is 0 Å². The minimum absolute atomic E-state index is 0.102. The molecule has 3 rings (SSSR count). The number of fused-ring (bicyclic) bond motifs is 1. The van der Waals surface area contributed by atoms with Crippen LogP contribution in [-0.4, -0.2) is 26.7 Å². The van der Waals surface area contributed by atoms with Gasteiger partial charge in [0, 0.05) is 16.7 Å². The highest BCUT2D eigenvalue weighted by Crippen LogP contribution is 2.35. The van der Waals surface area contributed by atoms with Gasteiger partial charge < -0.3 is 14.4 Å². The van der Waals surface area contributed by atoms with Crippen molar-refractivity contribution in [3.8, 4) is 11.5 Å². The van der Waals surface area contributed by atoms with E-state index in [2.05, 4.69) is 22.0 Å². The second-order valence-corrected chi connectivity index (χ2v) is 5.93. The van der Waals surface area contributed by atoms with E-state index in [9.17, 15) is 4.79 Å². The Labute approximate surface area is 137 Å². The number of methoxy groups -OCH3 is 2. The minimum atomic E-state index is -0.102. The Morgan fingerprint density at radius 3 is 2.45 bits per heavy atom. The van der Waals surface area contributed by atoms with Gasteiger partial charge in [-0.15, -0.1) is 0 Å². The number of halogens is 1. The van der Waals surface area contributed by atoms with Crippen LogP contribution in [0, 0.1) is 0 Å². The molecule has 0 aromatic heterocycles. The van der Waals surface area contributed by atoms with Gasteiger partial charge in [0.2, 0.25) is 0 Å². The first kappa shape index (κ1) is 14.9. The van der Waals surface area contributed by atoms with Gasteiger partial charge in [-0.25, -0.2) is 0 Å². The summed E-state index contributed by atoms with van der Waals surface area (Å²) in [5.74, 6) is 0.945. The lowest BCUT2D eigenvalue weighted by Crippen LogP contribution is -2.29. The first-order valence-electron chi connectivity index (χ1n) is 6.97. The van der Waals surface area contributed by atoms with Crippen molar-refractivity contribution < 1.29 is 14.3 Å². The summed E-state index contributed by atoms with van der Waals surface area (Å²) in [6.45, 7) is 0.659. The van der Waals surface area contributed by atoms with Crippen LogP contribution >= 0.6 is 15.9 Å². The SMILES string of the molecule is COc1cccc(OC)c1C(=O)N1CCc2cc(Br)ccc21. The lowest BCUT2D eigenvalue weighted by atomic mass is 10.1. The molecule has 0 atom stereocenters. The number of hydrogen-bond donors (Lipinski definition) is 0. The quantitative estimate of drug-likeness (QED) is 0.836. The Hall–Kier alpha value is -2.01. The fourth-order valence-corrected chi connectivity index (χ4v) is 3.19. The smallest absolute Gasteiger partial charge is 0.265 e. The summed E-state index contributed by atoms with van der Waals surface area (Å²) in [6.07, 6.45) is 0.845. The summed E-state index contributed by atoms with van der Waals surface area (Å²) in [4.78, 5) is 14.8. The molecule has 0 fully saturated rings. The highest BCUT2D eigenvalue weighted by Gasteiger charge is 2.29. The lowest BCUT2D eigenvalue weighted by Gasteiger charge is -2.20. The molecule has 1 aliphatic heterocycles. The Bertz CT molecular complexity index is 708. The molecule has 0 spiro atoms. The maximum absolute atomic E-state index is 13.0. The lowest BCUT2D eigenvalue weighted by molar-refractivity contribution is 0.0983. The molecular weight excluding hydrogens is 346 g/mol. The largest absolute Gasteiger partial charge is 0.496 e. The van der Waals surface area contributed by atoms with Gasteiger partial charge in [-0.1, -0.05) is 22.0 Å². The van der Waals surface area contributed by atoms with Crippen LogP contribution in [0.1, 0.15) is 15.9 Å². The molecule has 0 saturated carbocycles. The Kier molecular flexibility index (Phi) is 4.07. The van der Waals surface area contributed by atoms with Gasteiger partial charge in [-0.05, 0) is 42.3 Å². The summed E-state index contributed by atoms with van der Waals surface area (Å²) in [5, 5.41) is 0. The van der Waals surface area contributed by atoms with Gasteiger partial charge in [-0.3, -0.25) is 4.79 Å². The van der Waals surface area contributed by atoms with E-state index in [1.807, 2.05) is 18.2 Å². The molecule has 0 N–H and O–H groups in total. The zero-order valence-electron chi connectivity index (χ0n) is 12.4. The number of rotatable bonds is 3. The molecule has 2 aromatic carbocycles. The monoisotopic (exact) mass is 361 g/mol. The van der Waals surface area contributed by atoms with Gasteiger partial charge >= 0.3 is 0 Å². The van der Waals surface area contributed by atoms with Gasteiger partial charge in [0.05, 0.1) is 14.2 Å². The van der Waals surface area contributed by atoms with E-state index >= 15 is 0 Å². The van der Waals surface area contributed by atoms with Crippen LogP contribution in [0.5, 0.6) is 11.5 Å². The van der Waals surface area contributed by atoms with Crippen molar-refractivity contribution in [3.05, 3.63) is 52.0 Å². The summed E-state index contributed by atoms with van der Waals surface area (Å²) in [7, 11) is 3.11. The van der Waals surface area contributed by atoms with Crippen molar-refractivity contribution in [2.45, 2.75) is 6.42 Å². The zero-order valence-corrected chi connectivity index (χ0v) is 14.0. The van der Waals surface area contributed by atoms with E-state index in [-0.39, 0.29) is 5.91 Å². The van der Waals surface area contributed by atoms with Crippen LogP contribution in [0.3, 0.4) is 0 Å². The Balaban J connectivity index is 2.04. The van der Waals surface area contributed by atoms with Crippen molar-refractivity contribution in [2.75, 3.05) is 25.7 Å². The van der Waals surface area contributed by atoms with Gasteiger partial charge in [0.25, 0.3) is 5.91 Å². The van der Waals surface area contributed by atoms with Gasteiger partial charge in [0.15, 0.2) is 0 Å². The Morgan fingerprint density at radius 1 is 1.14 bits per heavy atom. The van der Waals surface area contributed by atoms with Crippen molar-refractivity contribution >= 4 is 27.5 Å². The summed E-state index contributed by atoms with van der Waals surface area (Å²) < 4.78 is 11.7. The maximum Gasteiger partial charge on any atom is 0.265 e. The topological polar surface area (TPSA) is 38.8 Å². The predicted octanol–water partition coefficient (Wildman–Crippen LogP) is 3.67. The van der Waals surface area contributed by atoms with Crippen LogP contribution in [0.25, 0.3) is 0 Å². The van der Waals surface area contributed by atoms with Crippen LogP contribution in [0.15, 0.2) is 40.9 Å². The molecule has 1 aliphatic rings. The molecule has 0 unspecified atom stereocenters. The third kappa shape index (κ3) is 2.46. The number of ether oxygens (including phenoxy) is 2. The molecule has 5 heteroatoms. The van der Waals surface area contributed by atoms with Crippen LogP contribution < -0.4 is 14.4 Å². The summed E-state index contributed by atoms with van der Waals surface area (Å²) >= 11 is 3.47. The van der Waals surface area contributed by atoms with E-state index in [1.165, 1.54) is 0 Å². The van der Waals surface area contributed by atoms with E-state index in [0.717, 1.165) is 22.1 Å². The van der Waals surface area contributed by atoms with E-state index < -0.39 is 0 Å². The molecule has 1 amide bonds. The van der Waals surface area contributed by atoms with Gasteiger partial charge in [0.1, 0.15) is 17.1 Å². The molecule has 2 aromatic rings. The molecule has 0 saturated heterocycles. The average molecular weight is 362 g/mol. The zero-order chi connectivity index (χ0) is 15.7. The van der Waals surface area contributed by atoms with E-state index in [4.69, 9.17) is 9.47 Å². The molecule has 0 bridgehead atoms. The molecule has 114 valence electrons. The number of carbonyl (C=O) groups is 1. The highest BCUT2D eigenvalue weighted by atomic mass is 79.9. The molecule has 4 nitrogen and oxygen atoms in total. The van der Waals surface area contributed by atoms with Crippen molar-refractivity contribution in [3.63, 3.8) is 0 Å². The van der Waals surface area contributed by atoms with E-state index in [0.29, 0.717) is 23.6 Å². The Morgan fingerprint density at radius 2 is 1.82 bits per heavy atom. The number of anilines is 1. The second kappa shape index (κ2) is 6.01. The highest BCUT2D eigenvalue weighted by molar-refractivity contribution is 9.10. The molecule has 1 heterocycles. The first-order valence-corrected chi connectivity index (χ1v) is 7.76. The average Bonchev–Trinajstić information content (AvgIpc) is 2.96.